The zero-order chi connectivity index (χ0) is 9.68. The minimum atomic E-state index is -0.390. The summed E-state index contributed by atoms with van der Waals surface area (Å²) in [6.45, 7) is 4.41. The third-order valence-corrected chi connectivity index (χ3v) is 1.78. The van der Waals surface area contributed by atoms with E-state index in [0.29, 0.717) is 12.4 Å². The van der Waals surface area contributed by atoms with Crippen molar-refractivity contribution in [1.82, 2.24) is 9.72 Å². The van der Waals surface area contributed by atoms with Gasteiger partial charge in [-0.1, -0.05) is 30.7 Å². The van der Waals surface area contributed by atoms with Gasteiger partial charge in [0.1, 0.15) is 0 Å². The Kier molecular flexibility index (Phi) is 3.49. The number of hydrogen-bond acceptors (Lipinski definition) is 3. The minimum absolute atomic E-state index is 0.390. The fraction of sp³-hybridized carbons (Fsp3) is 0.556. The summed E-state index contributed by atoms with van der Waals surface area (Å²) in [5.41, 5.74) is 0. The Morgan fingerprint density at radius 1 is 1.54 bits per heavy atom. The molecule has 0 atom stereocenters. The predicted molar refractivity (Wildman–Crippen MR) is 49.5 cm³/mol. The molecule has 0 aliphatic rings. The normalized spacial score (nSPS) is 11.2. The number of allylic oxidation sites excluding steroid dienone is 2. The average molecular weight is 182 g/mol. The highest BCUT2D eigenvalue weighted by Gasteiger charge is 2.02. The molecule has 1 aromatic rings. The molecule has 1 heterocycles. The van der Waals surface area contributed by atoms with E-state index in [1.54, 1.807) is 6.92 Å². The Morgan fingerprint density at radius 2 is 2.31 bits per heavy atom. The third-order valence-electron chi connectivity index (χ3n) is 1.78. The summed E-state index contributed by atoms with van der Waals surface area (Å²) < 4.78 is 5.97. The summed E-state index contributed by atoms with van der Waals surface area (Å²) in [7, 11) is 0. The van der Waals surface area contributed by atoms with Crippen molar-refractivity contribution in [3.63, 3.8) is 0 Å². The smallest absolute Gasteiger partial charge is 0.296 e. The van der Waals surface area contributed by atoms with Gasteiger partial charge in [-0.25, -0.2) is 4.79 Å². The summed E-state index contributed by atoms with van der Waals surface area (Å²) in [4.78, 5) is 11.0. The topological polar surface area (TPSA) is 48.0 Å². The zero-order valence-corrected chi connectivity index (χ0v) is 7.99. The fourth-order valence-corrected chi connectivity index (χ4v) is 1.01. The zero-order valence-electron chi connectivity index (χ0n) is 7.99. The highest BCUT2D eigenvalue weighted by molar-refractivity contribution is 4.87. The molecule has 0 spiro atoms. The number of rotatable bonds is 4. The van der Waals surface area contributed by atoms with Gasteiger partial charge in [0, 0.05) is 6.54 Å². The maximum atomic E-state index is 11.0. The summed E-state index contributed by atoms with van der Waals surface area (Å²) in [5.74, 6) is 0.227. The molecule has 0 bridgehead atoms. The van der Waals surface area contributed by atoms with Crippen molar-refractivity contribution >= 4 is 0 Å². The molecule has 0 aromatic carbocycles. The van der Waals surface area contributed by atoms with Crippen LogP contribution in [0.4, 0.5) is 0 Å². The van der Waals surface area contributed by atoms with Gasteiger partial charge < -0.3 is 0 Å². The molecular formula is C9H14N2O2. The molecule has 0 fully saturated rings. The van der Waals surface area contributed by atoms with Crippen molar-refractivity contribution < 1.29 is 4.52 Å². The Bertz CT molecular complexity index is 336. The van der Waals surface area contributed by atoms with Crippen molar-refractivity contribution in [2.45, 2.75) is 33.2 Å². The van der Waals surface area contributed by atoms with Crippen LogP contribution in [0.25, 0.3) is 0 Å². The molecule has 72 valence electrons. The highest BCUT2D eigenvalue weighted by atomic mass is 16.5. The second kappa shape index (κ2) is 4.64. The molecule has 0 N–H and O–H groups in total. The van der Waals surface area contributed by atoms with E-state index >= 15 is 0 Å². The molecule has 0 aliphatic carbocycles. The first-order chi connectivity index (χ1) is 6.25. The number of nitrogens with zero attached hydrogens (tertiary/aromatic N) is 2. The van der Waals surface area contributed by atoms with Gasteiger partial charge >= 0.3 is 5.76 Å². The van der Waals surface area contributed by atoms with Crippen LogP contribution in [0.1, 0.15) is 25.6 Å². The number of unbranched alkanes of at least 4 members (excludes halogenated alkanes) is 1. The standard InChI is InChI=1S/C9H14N2O2/c1-3-4-5-6-7-11-8(2)10-13-9(11)12/h5-6H,3-4,7H2,1-2H3/b6-5+. The molecule has 0 aliphatic heterocycles. The molecular weight excluding hydrogens is 168 g/mol. The lowest BCUT2D eigenvalue weighted by Gasteiger charge is -1.93. The van der Waals surface area contributed by atoms with Crippen LogP contribution >= 0.6 is 0 Å². The largest absolute Gasteiger partial charge is 0.441 e. The van der Waals surface area contributed by atoms with E-state index in [9.17, 15) is 4.79 Å². The van der Waals surface area contributed by atoms with Gasteiger partial charge in [0.25, 0.3) is 0 Å². The average Bonchev–Trinajstić information content (AvgIpc) is 2.42. The van der Waals surface area contributed by atoms with Crippen LogP contribution in [-0.2, 0) is 6.54 Å². The Labute approximate surface area is 76.9 Å². The van der Waals surface area contributed by atoms with Gasteiger partial charge in [-0.05, 0) is 13.3 Å². The second-order valence-electron chi connectivity index (χ2n) is 2.87. The molecule has 4 heteroatoms. The van der Waals surface area contributed by atoms with Crippen LogP contribution in [-0.4, -0.2) is 9.72 Å². The molecule has 0 radical (unpaired) electrons. The molecule has 0 saturated heterocycles. The molecule has 1 aromatic heterocycles. The van der Waals surface area contributed by atoms with Crippen LogP contribution in [0.5, 0.6) is 0 Å². The Balaban J connectivity index is 2.59. The quantitative estimate of drug-likeness (QED) is 0.663. The third kappa shape index (κ3) is 2.57. The van der Waals surface area contributed by atoms with E-state index in [1.807, 2.05) is 6.08 Å². The second-order valence-corrected chi connectivity index (χ2v) is 2.87. The maximum absolute atomic E-state index is 11.0. The van der Waals surface area contributed by atoms with Gasteiger partial charge in [-0.15, -0.1) is 0 Å². The lowest BCUT2D eigenvalue weighted by atomic mass is 10.3. The predicted octanol–water partition coefficient (Wildman–Crippen LogP) is 1.50. The fourth-order valence-electron chi connectivity index (χ4n) is 1.01. The first-order valence-electron chi connectivity index (χ1n) is 4.43. The van der Waals surface area contributed by atoms with Crippen molar-refractivity contribution in [2.75, 3.05) is 0 Å². The van der Waals surface area contributed by atoms with Gasteiger partial charge in [0.15, 0.2) is 5.82 Å². The summed E-state index contributed by atoms with van der Waals surface area (Å²) in [6.07, 6.45) is 6.17. The van der Waals surface area contributed by atoms with E-state index in [0.717, 1.165) is 12.8 Å². The van der Waals surface area contributed by atoms with Crippen LogP contribution in [0.3, 0.4) is 0 Å². The van der Waals surface area contributed by atoms with E-state index in [1.165, 1.54) is 4.57 Å². The monoisotopic (exact) mass is 182 g/mol. The van der Waals surface area contributed by atoms with E-state index in [-0.39, 0.29) is 0 Å². The van der Waals surface area contributed by atoms with Crippen LogP contribution in [0.15, 0.2) is 21.5 Å². The van der Waals surface area contributed by atoms with Crippen molar-refractivity contribution in [3.8, 4) is 0 Å². The Morgan fingerprint density at radius 3 is 2.85 bits per heavy atom. The van der Waals surface area contributed by atoms with Gasteiger partial charge in [-0.3, -0.25) is 9.09 Å². The van der Waals surface area contributed by atoms with E-state index in [2.05, 4.69) is 22.7 Å². The Hall–Kier alpha value is -1.32. The van der Waals surface area contributed by atoms with Gasteiger partial charge in [0.2, 0.25) is 0 Å². The van der Waals surface area contributed by atoms with Crippen LogP contribution < -0.4 is 5.76 Å². The van der Waals surface area contributed by atoms with Crippen molar-refractivity contribution in [1.29, 1.82) is 0 Å². The van der Waals surface area contributed by atoms with Crippen LogP contribution in [0.2, 0.25) is 0 Å². The molecule has 13 heavy (non-hydrogen) atoms. The molecule has 4 nitrogen and oxygen atoms in total. The number of aromatic nitrogens is 2. The number of aryl methyl sites for hydroxylation is 1. The molecule has 0 unspecified atom stereocenters. The SMILES string of the molecule is CCC/C=C/Cn1c(C)noc1=O. The summed E-state index contributed by atoms with van der Waals surface area (Å²) in [6, 6.07) is 0. The van der Waals surface area contributed by atoms with Crippen LogP contribution in [0, 0.1) is 6.92 Å². The first-order valence-corrected chi connectivity index (χ1v) is 4.43. The molecule has 0 amide bonds. The van der Waals surface area contributed by atoms with E-state index in [4.69, 9.17) is 0 Å². The van der Waals surface area contributed by atoms with Gasteiger partial charge in [-0.2, -0.15) is 0 Å². The minimum Gasteiger partial charge on any atom is -0.296 e. The van der Waals surface area contributed by atoms with Gasteiger partial charge in [0.05, 0.1) is 0 Å². The number of hydrogen-bond donors (Lipinski definition) is 0. The first kappa shape index (κ1) is 9.77. The highest BCUT2D eigenvalue weighted by Crippen LogP contribution is 1.92. The van der Waals surface area contributed by atoms with Crippen molar-refractivity contribution in [2.24, 2.45) is 0 Å². The van der Waals surface area contributed by atoms with Crippen molar-refractivity contribution in [3.05, 3.63) is 28.5 Å². The summed E-state index contributed by atoms with van der Waals surface area (Å²) >= 11 is 0. The molecule has 1 rings (SSSR count). The maximum Gasteiger partial charge on any atom is 0.441 e. The lowest BCUT2D eigenvalue weighted by Crippen LogP contribution is -2.14. The lowest BCUT2D eigenvalue weighted by molar-refractivity contribution is 0.376. The molecule has 0 saturated carbocycles. The summed E-state index contributed by atoms with van der Waals surface area (Å²) in [5, 5.41) is 3.56. The van der Waals surface area contributed by atoms with E-state index < -0.39 is 5.76 Å².